The van der Waals surface area contributed by atoms with Crippen LogP contribution in [-0.4, -0.2) is 120 Å². The Morgan fingerprint density at radius 1 is 0.618 bits per heavy atom. The van der Waals surface area contributed by atoms with Crippen LogP contribution >= 0.6 is 0 Å². The van der Waals surface area contributed by atoms with Crippen LogP contribution in [0.5, 0.6) is 23.0 Å². The molecule has 0 spiro atoms. The highest BCUT2D eigenvalue weighted by Crippen LogP contribution is 2.33. The van der Waals surface area contributed by atoms with Crippen LogP contribution in [0, 0.1) is 61.8 Å². The Morgan fingerprint density at radius 3 is 1.31 bits per heavy atom. The van der Waals surface area contributed by atoms with Crippen molar-refractivity contribution in [2.75, 3.05) is 52.6 Å². The average molecular weight is 963 g/mol. The zero-order valence-corrected chi connectivity index (χ0v) is 40.9. The third kappa shape index (κ3) is 21.9. The standard InChI is InChI=1S/C46H70N6O16/c1-29-21-37(31(3)33(5)43(29)57)63-25-35(23-49-45(7,8)27-47-39(53)15-11-13-19-65-51(59)60)67-41(55)17-18-42(56)68-36(26-64-38-22-30(2)44(58)34(6)32(38)4)24-50-46(9,10)28-48-40(54)16-12-14-20-66-52(61)62/h17-18,21-22,35-36,49-50,57-58H,11-16,19-20,23-28H2,1-10H3,(H,47,53)(H,48,54)/b18-17+. The van der Waals surface area contributed by atoms with Crippen LogP contribution in [0.15, 0.2) is 24.3 Å². The van der Waals surface area contributed by atoms with Crippen LogP contribution < -0.4 is 30.7 Å². The Balaban J connectivity index is 2.17. The van der Waals surface area contributed by atoms with Gasteiger partial charge < -0.3 is 60.1 Å². The molecule has 0 saturated carbocycles. The second-order valence-electron chi connectivity index (χ2n) is 17.8. The summed E-state index contributed by atoms with van der Waals surface area (Å²) in [6, 6.07) is 3.34. The summed E-state index contributed by atoms with van der Waals surface area (Å²) >= 11 is 0. The van der Waals surface area contributed by atoms with E-state index in [1.807, 2.05) is 27.7 Å². The zero-order chi connectivity index (χ0) is 51.2. The largest absolute Gasteiger partial charge is 0.507 e. The fourth-order valence-electron chi connectivity index (χ4n) is 6.32. The Morgan fingerprint density at radius 2 is 0.971 bits per heavy atom. The van der Waals surface area contributed by atoms with E-state index in [-0.39, 0.29) is 88.8 Å². The summed E-state index contributed by atoms with van der Waals surface area (Å²) < 4.78 is 23.7. The predicted molar refractivity (Wildman–Crippen MR) is 248 cm³/mol. The van der Waals surface area contributed by atoms with Gasteiger partial charge in [-0.3, -0.25) is 9.59 Å². The van der Waals surface area contributed by atoms with Crippen LogP contribution in [0.3, 0.4) is 0 Å². The van der Waals surface area contributed by atoms with Crippen LogP contribution in [0.4, 0.5) is 0 Å². The molecular formula is C46H70N6O16. The number of phenolic OH excluding ortho intramolecular Hbond substituents is 2. The SMILES string of the molecule is Cc1cc(OCC(CNC(C)(C)CNC(=O)CCCCO[N+](=O)[O-])OC(=O)/C=C/C(=O)OC(CNC(C)(C)CNC(=O)CCCCO[N+](=O)[O-])COc2cc(C)c(O)c(C)c2C)c(C)c(C)c1O. The van der Waals surface area contributed by atoms with Gasteiger partial charge in [0.15, 0.2) is 0 Å². The van der Waals surface area contributed by atoms with Crippen LogP contribution in [0.1, 0.15) is 99.6 Å². The molecular weight excluding hydrogens is 893 g/mol. The second kappa shape index (κ2) is 28.0. The van der Waals surface area contributed by atoms with E-state index in [1.165, 1.54) is 0 Å². The van der Waals surface area contributed by atoms with Gasteiger partial charge >= 0.3 is 11.9 Å². The number of carbonyl (C=O) groups excluding carboxylic acids is 4. The highest BCUT2D eigenvalue weighted by Gasteiger charge is 2.26. The lowest BCUT2D eigenvalue weighted by atomic mass is 10.0. The van der Waals surface area contributed by atoms with E-state index in [2.05, 4.69) is 30.9 Å². The van der Waals surface area contributed by atoms with Crippen molar-refractivity contribution in [3.05, 3.63) is 77.9 Å². The molecule has 0 saturated heterocycles. The van der Waals surface area contributed by atoms with Crippen molar-refractivity contribution < 1.29 is 68.2 Å². The number of hydrogen-bond donors (Lipinski definition) is 6. The molecule has 22 nitrogen and oxygen atoms in total. The van der Waals surface area contributed by atoms with E-state index in [9.17, 15) is 49.6 Å². The zero-order valence-electron chi connectivity index (χ0n) is 40.9. The van der Waals surface area contributed by atoms with Gasteiger partial charge in [-0.15, -0.1) is 20.2 Å². The summed E-state index contributed by atoms with van der Waals surface area (Å²) in [7, 11) is 0. The minimum atomic E-state index is -0.926. The molecule has 0 aliphatic heterocycles. The number of unbranched alkanes of at least 4 members (excludes halogenated alkanes) is 2. The van der Waals surface area contributed by atoms with Crippen molar-refractivity contribution in [1.82, 2.24) is 21.3 Å². The molecule has 2 aromatic carbocycles. The van der Waals surface area contributed by atoms with Gasteiger partial charge in [0, 0.05) is 62.3 Å². The third-order valence-corrected chi connectivity index (χ3v) is 10.8. The van der Waals surface area contributed by atoms with Crippen molar-refractivity contribution in [2.45, 2.75) is 131 Å². The van der Waals surface area contributed by atoms with E-state index in [0.29, 0.717) is 70.6 Å². The fraction of sp³-hybridized carbons (Fsp3) is 0.609. The van der Waals surface area contributed by atoms with Gasteiger partial charge in [0.05, 0.1) is 13.2 Å². The van der Waals surface area contributed by atoms with E-state index in [4.69, 9.17) is 18.9 Å². The number of amides is 2. The van der Waals surface area contributed by atoms with Gasteiger partial charge in [0.2, 0.25) is 11.8 Å². The molecule has 380 valence electrons. The predicted octanol–water partition coefficient (Wildman–Crippen LogP) is 4.51. The van der Waals surface area contributed by atoms with Gasteiger partial charge in [0.25, 0.3) is 10.2 Å². The smallest absolute Gasteiger partial charge is 0.331 e. The molecule has 2 aromatic rings. The maximum absolute atomic E-state index is 13.3. The summed E-state index contributed by atoms with van der Waals surface area (Å²) in [6.45, 7) is 17.8. The third-order valence-electron chi connectivity index (χ3n) is 10.8. The minimum absolute atomic E-state index is 0.0517. The molecule has 0 bridgehead atoms. The minimum Gasteiger partial charge on any atom is -0.507 e. The van der Waals surface area contributed by atoms with E-state index in [0.717, 1.165) is 12.2 Å². The first-order chi connectivity index (χ1) is 31.8. The summed E-state index contributed by atoms with van der Waals surface area (Å²) in [5.74, 6) is -1.10. The van der Waals surface area contributed by atoms with E-state index >= 15 is 0 Å². The molecule has 68 heavy (non-hydrogen) atoms. The highest BCUT2D eigenvalue weighted by molar-refractivity contribution is 5.91. The Labute approximate surface area is 397 Å². The van der Waals surface area contributed by atoms with E-state index in [1.54, 1.807) is 53.7 Å². The fourth-order valence-corrected chi connectivity index (χ4v) is 6.32. The molecule has 6 N–H and O–H groups in total. The molecule has 2 atom stereocenters. The molecule has 0 aliphatic carbocycles. The molecule has 2 rings (SSSR count). The van der Waals surface area contributed by atoms with Crippen molar-refractivity contribution in [3.8, 4) is 23.0 Å². The van der Waals surface area contributed by atoms with Crippen LogP contribution in [0.2, 0.25) is 0 Å². The molecule has 0 aromatic heterocycles. The first kappa shape index (κ1) is 57.7. The molecule has 22 heteroatoms. The van der Waals surface area contributed by atoms with Crippen molar-refractivity contribution >= 4 is 23.8 Å². The number of ether oxygens (including phenoxy) is 4. The van der Waals surface area contributed by atoms with E-state index < -0.39 is 45.4 Å². The lowest BCUT2D eigenvalue weighted by molar-refractivity contribution is -0.757. The maximum Gasteiger partial charge on any atom is 0.331 e. The summed E-state index contributed by atoms with van der Waals surface area (Å²) in [6.07, 6.45) is 1.71. The first-order valence-electron chi connectivity index (χ1n) is 22.3. The molecule has 2 unspecified atom stereocenters. The number of aryl methyl sites for hydroxylation is 2. The molecule has 0 aliphatic rings. The number of benzene rings is 2. The average Bonchev–Trinajstić information content (AvgIpc) is 3.27. The number of carbonyl (C=O) groups is 4. The van der Waals surface area contributed by atoms with Gasteiger partial charge in [-0.25, -0.2) is 9.59 Å². The second-order valence-corrected chi connectivity index (χ2v) is 17.8. The number of hydrogen-bond acceptors (Lipinski definition) is 18. The number of phenols is 2. The van der Waals surface area contributed by atoms with Gasteiger partial charge in [-0.05, 0) is 140 Å². The Bertz CT molecular complexity index is 1930. The molecule has 0 fully saturated rings. The number of esters is 2. The Kier molecular flexibility index (Phi) is 23.8. The van der Waals surface area contributed by atoms with Crippen LogP contribution in [-0.2, 0) is 38.3 Å². The molecule has 0 heterocycles. The summed E-state index contributed by atoms with van der Waals surface area (Å²) in [5.41, 5.74) is 2.37. The number of rotatable bonds is 32. The van der Waals surface area contributed by atoms with Gasteiger partial charge in [-0.1, -0.05) is 0 Å². The number of aromatic hydroxyl groups is 2. The van der Waals surface area contributed by atoms with Gasteiger partial charge in [-0.2, -0.15) is 0 Å². The highest BCUT2D eigenvalue weighted by atomic mass is 17.0. The normalized spacial score (nSPS) is 12.4. The maximum atomic E-state index is 13.3. The van der Waals surface area contributed by atoms with Gasteiger partial charge in [0.1, 0.15) is 48.4 Å². The van der Waals surface area contributed by atoms with Crippen molar-refractivity contribution in [2.24, 2.45) is 0 Å². The monoisotopic (exact) mass is 962 g/mol. The molecule has 2 amide bonds. The lowest BCUT2D eigenvalue weighted by Gasteiger charge is -2.29. The first-order valence-corrected chi connectivity index (χ1v) is 22.3. The Hall–Kier alpha value is -6.42. The molecule has 0 radical (unpaired) electrons. The summed E-state index contributed by atoms with van der Waals surface area (Å²) in [5, 5.41) is 51.9. The summed E-state index contributed by atoms with van der Waals surface area (Å²) in [4.78, 5) is 80.7. The number of nitrogens with one attached hydrogen (secondary N) is 4. The van der Waals surface area contributed by atoms with Crippen LogP contribution in [0.25, 0.3) is 0 Å². The van der Waals surface area contributed by atoms with Crippen molar-refractivity contribution in [3.63, 3.8) is 0 Å². The van der Waals surface area contributed by atoms with Crippen molar-refractivity contribution in [1.29, 1.82) is 0 Å². The lowest BCUT2D eigenvalue weighted by Crippen LogP contribution is -2.52. The quantitative estimate of drug-likeness (QED) is 0.0193. The number of nitrogens with zero attached hydrogens (tertiary/aromatic N) is 2. The topological polar surface area (TPSA) is 299 Å².